The van der Waals surface area contributed by atoms with Crippen LogP contribution in [0.4, 0.5) is 5.69 Å². The highest BCUT2D eigenvalue weighted by Gasteiger charge is 2.32. The first-order valence-electron chi connectivity index (χ1n) is 8.44. The molecule has 2 aromatic carbocycles. The maximum Gasteiger partial charge on any atom is 0.244 e. The molecular formula is C19H22Cl2N2O3S. The topological polar surface area (TPSA) is 66.5 Å². The van der Waals surface area contributed by atoms with Crippen molar-refractivity contribution < 1.29 is 13.2 Å². The number of sulfonamides is 1. The van der Waals surface area contributed by atoms with Gasteiger partial charge in [0.2, 0.25) is 15.9 Å². The molecule has 0 aliphatic heterocycles. The van der Waals surface area contributed by atoms with Gasteiger partial charge >= 0.3 is 0 Å². The Morgan fingerprint density at radius 3 is 2.15 bits per heavy atom. The summed E-state index contributed by atoms with van der Waals surface area (Å²) in [6.45, 7) is 3.60. The minimum Gasteiger partial charge on any atom is -0.348 e. The number of amides is 1. The van der Waals surface area contributed by atoms with Gasteiger partial charge in [0, 0.05) is 10.0 Å². The molecule has 0 saturated heterocycles. The van der Waals surface area contributed by atoms with E-state index in [-0.39, 0.29) is 18.2 Å². The first kappa shape index (κ1) is 21.5. The number of nitrogens with zero attached hydrogens (tertiary/aromatic N) is 1. The molecule has 0 saturated carbocycles. The lowest BCUT2D eigenvalue weighted by atomic mass is 10.1. The fraction of sp³-hybridized carbons (Fsp3) is 0.316. The molecular weight excluding hydrogens is 407 g/mol. The van der Waals surface area contributed by atoms with Gasteiger partial charge in [0.1, 0.15) is 6.04 Å². The summed E-state index contributed by atoms with van der Waals surface area (Å²) in [5.41, 5.74) is 1.18. The normalized spacial score (nSPS) is 13.7. The van der Waals surface area contributed by atoms with Crippen molar-refractivity contribution in [2.45, 2.75) is 32.4 Å². The molecule has 2 aromatic rings. The summed E-state index contributed by atoms with van der Waals surface area (Å²) >= 11 is 12.1. The van der Waals surface area contributed by atoms with Crippen LogP contribution >= 0.6 is 23.2 Å². The van der Waals surface area contributed by atoms with E-state index in [1.807, 2.05) is 37.3 Å². The smallest absolute Gasteiger partial charge is 0.244 e. The van der Waals surface area contributed by atoms with Gasteiger partial charge < -0.3 is 5.32 Å². The van der Waals surface area contributed by atoms with Gasteiger partial charge in [-0.05, 0) is 37.1 Å². The lowest BCUT2D eigenvalue weighted by Gasteiger charge is -2.31. The minimum absolute atomic E-state index is 0.254. The van der Waals surface area contributed by atoms with Gasteiger partial charge in [-0.25, -0.2) is 8.42 Å². The van der Waals surface area contributed by atoms with Gasteiger partial charge in [-0.2, -0.15) is 0 Å². The number of hydrogen-bond donors (Lipinski definition) is 1. The Morgan fingerprint density at radius 1 is 1.11 bits per heavy atom. The van der Waals surface area contributed by atoms with Crippen LogP contribution in [0, 0.1) is 0 Å². The van der Waals surface area contributed by atoms with Crippen LogP contribution in [0.15, 0.2) is 48.5 Å². The molecule has 1 unspecified atom stereocenters. The Balaban J connectivity index is 2.36. The summed E-state index contributed by atoms with van der Waals surface area (Å²) in [6.07, 6.45) is 1.34. The second-order valence-corrected chi connectivity index (χ2v) is 8.98. The SMILES string of the molecule is CCC(C(=O)N[C@H](C)c1ccccc1)N(c1cc(Cl)cc(Cl)c1)S(C)(=O)=O. The van der Waals surface area contributed by atoms with Crippen molar-refractivity contribution in [2.24, 2.45) is 0 Å². The van der Waals surface area contributed by atoms with Crippen LogP contribution < -0.4 is 9.62 Å². The van der Waals surface area contributed by atoms with Gasteiger partial charge in [-0.15, -0.1) is 0 Å². The summed E-state index contributed by atoms with van der Waals surface area (Å²) in [5, 5.41) is 3.47. The number of benzene rings is 2. The molecule has 1 amide bonds. The minimum atomic E-state index is -3.75. The molecule has 2 atom stereocenters. The Hall–Kier alpha value is -1.76. The molecule has 0 radical (unpaired) electrons. The summed E-state index contributed by atoms with van der Waals surface area (Å²) < 4.78 is 26.0. The predicted molar refractivity (Wildman–Crippen MR) is 111 cm³/mol. The van der Waals surface area contributed by atoms with Crippen LogP contribution in [0.1, 0.15) is 31.9 Å². The lowest BCUT2D eigenvalue weighted by molar-refractivity contribution is -0.122. The molecule has 0 bridgehead atoms. The van der Waals surface area contributed by atoms with E-state index in [1.54, 1.807) is 6.92 Å². The molecule has 2 rings (SSSR count). The Kier molecular flexibility index (Phi) is 7.14. The van der Waals surface area contributed by atoms with E-state index >= 15 is 0 Å². The zero-order valence-corrected chi connectivity index (χ0v) is 17.6. The van der Waals surface area contributed by atoms with E-state index in [4.69, 9.17) is 23.2 Å². The average molecular weight is 429 g/mol. The summed E-state index contributed by atoms with van der Waals surface area (Å²) in [6, 6.07) is 12.7. The van der Waals surface area contributed by atoms with E-state index in [9.17, 15) is 13.2 Å². The third kappa shape index (κ3) is 5.61. The molecule has 0 fully saturated rings. The van der Waals surface area contributed by atoms with E-state index in [0.29, 0.717) is 10.0 Å². The lowest BCUT2D eigenvalue weighted by Crippen LogP contribution is -2.49. The Morgan fingerprint density at radius 2 is 1.67 bits per heavy atom. The van der Waals surface area contributed by atoms with Crippen LogP contribution in [-0.4, -0.2) is 26.6 Å². The van der Waals surface area contributed by atoms with Crippen molar-refractivity contribution >= 4 is 44.8 Å². The van der Waals surface area contributed by atoms with Gasteiger partial charge in [0.05, 0.1) is 18.0 Å². The van der Waals surface area contributed by atoms with Crippen molar-refractivity contribution in [3.8, 4) is 0 Å². The largest absolute Gasteiger partial charge is 0.348 e. The highest BCUT2D eigenvalue weighted by atomic mass is 35.5. The second-order valence-electron chi connectivity index (χ2n) is 6.25. The van der Waals surface area contributed by atoms with Gasteiger partial charge in [-0.3, -0.25) is 9.10 Å². The number of halogens is 2. The zero-order valence-electron chi connectivity index (χ0n) is 15.3. The van der Waals surface area contributed by atoms with Crippen LogP contribution in [0.2, 0.25) is 10.0 Å². The first-order chi connectivity index (χ1) is 12.6. The van der Waals surface area contributed by atoms with Crippen LogP contribution in [0.3, 0.4) is 0 Å². The summed E-state index contributed by atoms with van der Waals surface area (Å²) in [7, 11) is -3.75. The van der Waals surface area contributed by atoms with E-state index < -0.39 is 22.0 Å². The van der Waals surface area contributed by atoms with Gasteiger partial charge in [0.25, 0.3) is 0 Å². The van der Waals surface area contributed by atoms with E-state index in [2.05, 4.69) is 5.32 Å². The van der Waals surface area contributed by atoms with Crippen molar-refractivity contribution in [3.05, 3.63) is 64.1 Å². The predicted octanol–water partition coefficient (Wildman–Crippen LogP) is 4.42. The molecule has 0 spiro atoms. The Labute approximate surface area is 170 Å². The standard InChI is InChI=1S/C19H22Cl2N2O3S/c1-4-18(19(24)22-13(2)14-8-6-5-7-9-14)23(27(3,25)26)17-11-15(20)10-16(21)12-17/h5-13,18H,4H2,1-3H3,(H,22,24)/t13-,18?/m1/s1. The fourth-order valence-corrected chi connectivity index (χ4v) is 4.57. The van der Waals surface area contributed by atoms with Crippen molar-refractivity contribution in [1.82, 2.24) is 5.32 Å². The number of carbonyl (C=O) groups is 1. The highest BCUT2D eigenvalue weighted by molar-refractivity contribution is 7.92. The number of carbonyl (C=O) groups excluding carboxylic acids is 1. The molecule has 0 heterocycles. The highest BCUT2D eigenvalue weighted by Crippen LogP contribution is 2.29. The molecule has 8 heteroatoms. The summed E-state index contributed by atoms with van der Waals surface area (Å²) in [5.74, 6) is -0.393. The molecule has 27 heavy (non-hydrogen) atoms. The van der Waals surface area contributed by atoms with E-state index in [0.717, 1.165) is 16.1 Å². The van der Waals surface area contributed by atoms with Gasteiger partial charge in [-0.1, -0.05) is 60.5 Å². The van der Waals surface area contributed by atoms with Crippen LogP contribution in [0.5, 0.6) is 0 Å². The Bertz CT molecular complexity index is 884. The van der Waals surface area contributed by atoms with Crippen molar-refractivity contribution in [3.63, 3.8) is 0 Å². The third-order valence-electron chi connectivity index (χ3n) is 4.09. The second kappa shape index (κ2) is 8.95. The molecule has 146 valence electrons. The molecule has 0 aromatic heterocycles. The fourth-order valence-electron chi connectivity index (χ4n) is 2.86. The van der Waals surface area contributed by atoms with Crippen molar-refractivity contribution in [2.75, 3.05) is 10.6 Å². The first-order valence-corrected chi connectivity index (χ1v) is 11.0. The van der Waals surface area contributed by atoms with Crippen LogP contribution in [-0.2, 0) is 14.8 Å². The third-order valence-corrected chi connectivity index (χ3v) is 5.71. The molecule has 0 aliphatic rings. The molecule has 5 nitrogen and oxygen atoms in total. The maximum atomic E-state index is 12.9. The summed E-state index contributed by atoms with van der Waals surface area (Å²) in [4.78, 5) is 12.9. The quantitative estimate of drug-likeness (QED) is 0.709. The number of nitrogens with one attached hydrogen (secondary N) is 1. The zero-order chi connectivity index (χ0) is 20.2. The van der Waals surface area contributed by atoms with Crippen molar-refractivity contribution in [1.29, 1.82) is 0 Å². The van der Waals surface area contributed by atoms with Crippen LogP contribution in [0.25, 0.3) is 0 Å². The van der Waals surface area contributed by atoms with Gasteiger partial charge in [0.15, 0.2) is 0 Å². The monoisotopic (exact) mass is 428 g/mol. The van der Waals surface area contributed by atoms with E-state index in [1.165, 1.54) is 18.2 Å². The number of rotatable bonds is 7. The molecule has 0 aliphatic carbocycles. The number of anilines is 1. The number of hydrogen-bond acceptors (Lipinski definition) is 3. The maximum absolute atomic E-state index is 12.9. The average Bonchev–Trinajstić information content (AvgIpc) is 2.58. The molecule has 1 N–H and O–H groups in total.